The Kier molecular flexibility index (Phi) is 3.33. The molecule has 0 aliphatic carbocycles. The summed E-state index contributed by atoms with van der Waals surface area (Å²) in [7, 11) is 0. The molecule has 0 bridgehead atoms. The predicted molar refractivity (Wildman–Crippen MR) is 76.6 cm³/mol. The molecule has 2 unspecified atom stereocenters. The summed E-state index contributed by atoms with van der Waals surface area (Å²) in [6, 6.07) is 3.93. The second-order valence-electron chi connectivity index (χ2n) is 5.27. The van der Waals surface area contributed by atoms with Gasteiger partial charge in [0.1, 0.15) is 0 Å². The van der Waals surface area contributed by atoms with Gasteiger partial charge in [-0.1, -0.05) is 11.6 Å². The molecule has 3 rings (SSSR count). The highest BCUT2D eigenvalue weighted by Gasteiger charge is 2.25. The molecule has 0 aromatic carbocycles. The van der Waals surface area contributed by atoms with Crippen molar-refractivity contribution in [1.82, 2.24) is 14.6 Å². The molecule has 0 saturated carbocycles. The molecule has 2 aromatic rings. The molecule has 2 atom stereocenters. The monoisotopic (exact) mass is 279 g/mol. The number of fused-ring (bicyclic) bond motifs is 1. The first-order valence-electron chi connectivity index (χ1n) is 6.66. The van der Waals surface area contributed by atoms with E-state index in [4.69, 9.17) is 17.3 Å². The third-order valence-corrected chi connectivity index (χ3v) is 3.99. The van der Waals surface area contributed by atoms with Crippen molar-refractivity contribution < 1.29 is 0 Å². The van der Waals surface area contributed by atoms with Crippen molar-refractivity contribution in [3.63, 3.8) is 0 Å². The number of anilines is 1. The van der Waals surface area contributed by atoms with Crippen molar-refractivity contribution in [2.24, 2.45) is 11.7 Å². The summed E-state index contributed by atoms with van der Waals surface area (Å²) < 4.78 is 1.73. The fourth-order valence-corrected chi connectivity index (χ4v) is 2.76. The maximum atomic E-state index is 6.01. The van der Waals surface area contributed by atoms with Crippen molar-refractivity contribution >= 4 is 23.2 Å². The van der Waals surface area contributed by atoms with Crippen LogP contribution in [0.2, 0.25) is 5.02 Å². The van der Waals surface area contributed by atoms with Crippen LogP contribution < -0.4 is 10.6 Å². The number of pyridine rings is 1. The number of nitrogens with zero attached hydrogens (tertiary/aromatic N) is 4. The number of piperidine rings is 1. The Morgan fingerprint density at radius 3 is 3.11 bits per heavy atom. The van der Waals surface area contributed by atoms with Crippen molar-refractivity contribution in [3.8, 4) is 0 Å². The number of nitrogens with two attached hydrogens (primary N) is 1. The van der Waals surface area contributed by atoms with Gasteiger partial charge in [-0.05, 0) is 37.8 Å². The topological polar surface area (TPSA) is 59.5 Å². The van der Waals surface area contributed by atoms with Gasteiger partial charge >= 0.3 is 0 Å². The van der Waals surface area contributed by atoms with E-state index in [1.165, 1.54) is 6.42 Å². The van der Waals surface area contributed by atoms with E-state index >= 15 is 0 Å². The Bertz CT molecular complexity index is 579. The molecule has 1 fully saturated rings. The third kappa shape index (κ3) is 2.53. The van der Waals surface area contributed by atoms with Gasteiger partial charge in [0.2, 0.25) is 5.95 Å². The van der Waals surface area contributed by atoms with Gasteiger partial charge in [-0.25, -0.2) is 4.52 Å². The number of halogens is 1. The molecule has 0 radical (unpaired) electrons. The SMILES string of the molecule is CC(N)C1CCCN(c2nc3ccc(Cl)cn3n2)C1. The van der Waals surface area contributed by atoms with Crippen LogP contribution in [0.3, 0.4) is 0 Å². The van der Waals surface area contributed by atoms with Crippen LogP contribution in [0.5, 0.6) is 0 Å². The summed E-state index contributed by atoms with van der Waals surface area (Å²) >= 11 is 5.96. The molecule has 1 aliphatic heterocycles. The lowest BCUT2D eigenvalue weighted by molar-refractivity contribution is 0.362. The summed E-state index contributed by atoms with van der Waals surface area (Å²) in [4.78, 5) is 6.77. The van der Waals surface area contributed by atoms with Gasteiger partial charge < -0.3 is 10.6 Å². The van der Waals surface area contributed by atoms with Crippen LogP contribution in [0, 0.1) is 5.92 Å². The molecule has 2 N–H and O–H groups in total. The van der Waals surface area contributed by atoms with Gasteiger partial charge in [-0.3, -0.25) is 0 Å². The quantitative estimate of drug-likeness (QED) is 0.913. The normalized spacial score (nSPS) is 21.8. The molecule has 0 amide bonds. The molecular formula is C13H18ClN5. The van der Waals surface area contributed by atoms with E-state index in [0.29, 0.717) is 10.9 Å². The lowest BCUT2D eigenvalue weighted by Crippen LogP contribution is -2.42. The van der Waals surface area contributed by atoms with Gasteiger partial charge in [0.05, 0.1) is 5.02 Å². The van der Waals surface area contributed by atoms with Crippen LogP contribution in [0.4, 0.5) is 5.95 Å². The lowest BCUT2D eigenvalue weighted by Gasteiger charge is -2.33. The van der Waals surface area contributed by atoms with Crippen molar-refractivity contribution in [2.75, 3.05) is 18.0 Å². The van der Waals surface area contributed by atoms with Crippen molar-refractivity contribution in [3.05, 3.63) is 23.4 Å². The lowest BCUT2D eigenvalue weighted by atomic mass is 9.92. The highest BCUT2D eigenvalue weighted by molar-refractivity contribution is 6.30. The number of rotatable bonds is 2. The van der Waals surface area contributed by atoms with Gasteiger partial charge in [0, 0.05) is 25.3 Å². The first-order valence-corrected chi connectivity index (χ1v) is 7.04. The number of aromatic nitrogens is 3. The van der Waals surface area contributed by atoms with Crippen LogP contribution in [-0.2, 0) is 0 Å². The summed E-state index contributed by atoms with van der Waals surface area (Å²) in [5, 5.41) is 5.16. The molecule has 102 valence electrons. The molecule has 6 heteroatoms. The highest BCUT2D eigenvalue weighted by atomic mass is 35.5. The first-order chi connectivity index (χ1) is 9.13. The minimum atomic E-state index is 0.217. The van der Waals surface area contributed by atoms with Crippen LogP contribution in [0.25, 0.3) is 5.65 Å². The van der Waals surface area contributed by atoms with Gasteiger partial charge in [0.25, 0.3) is 0 Å². The van der Waals surface area contributed by atoms with Crippen molar-refractivity contribution in [2.45, 2.75) is 25.8 Å². The first kappa shape index (κ1) is 12.7. The minimum Gasteiger partial charge on any atom is -0.339 e. The van der Waals surface area contributed by atoms with Crippen LogP contribution in [0.15, 0.2) is 18.3 Å². The zero-order valence-corrected chi connectivity index (χ0v) is 11.7. The molecule has 1 saturated heterocycles. The maximum Gasteiger partial charge on any atom is 0.245 e. The van der Waals surface area contributed by atoms with E-state index in [1.54, 1.807) is 10.7 Å². The van der Waals surface area contributed by atoms with E-state index in [1.807, 2.05) is 12.1 Å². The van der Waals surface area contributed by atoms with Gasteiger partial charge in [-0.2, -0.15) is 4.98 Å². The Morgan fingerprint density at radius 2 is 2.32 bits per heavy atom. The van der Waals surface area contributed by atoms with Crippen LogP contribution in [0.1, 0.15) is 19.8 Å². The molecule has 5 nitrogen and oxygen atoms in total. The molecular weight excluding hydrogens is 262 g/mol. The van der Waals surface area contributed by atoms with E-state index in [9.17, 15) is 0 Å². The second-order valence-corrected chi connectivity index (χ2v) is 5.71. The Morgan fingerprint density at radius 1 is 1.47 bits per heavy atom. The van der Waals surface area contributed by atoms with Gasteiger partial charge in [-0.15, -0.1) is 5.10 Å². The van der Waals surface area contributed by atoms with E-state index < -0.39 is 0 Å². The Balaban J connectivity index is 1.87. The minimum absolute atomic E-state index is 0.217. The Labute approximate surface area is 117 Å². The predicted octanol–water partition coefficient (Wildman–Crippen LogP) is 1.95. The van der Waals surface area contributed by atoms with Crippen LogP contribution >= 0.6 is 11.6 Å². The standard InChI is InChI=1S/C13H18ClN5/c1-9(15)10-3-2-6-18(7-10)13-16-12-5-4-11(14)8-19(12)17-13/h4-5,8-10H,2-3,6-7,15H2,1H3. The van der Waals surface area contributed by atoms with E-state index in [2.05, 4.69) is 21.9 Å². The van der Waals surface area contributed by atoms with Crippen molar-refractivity contribution in [1.29, 1.82) is 0 Å². The summed E-state index contributed by atoms with van der Waals surface area (Å²) in [6.07, 6.45) is 4.11. The maximum absolute atomic E-state index is 6.01. The van der Waals surface area contributed by atoms with Gasteiger partial charge in [0.15, 0.2) is 5.65 Å². The van der Waals surface area contributed by atoms with E-state index in [0.717, 1.165) is 31.1 Å². The molecule has 0 spiro atoms. The zero-order chi connectivity index (χ0) is 13.4. The highest BCUT2D eigenvalue weighted by Crippen LogP contribution is 2.23. The number of hydrogen-bond donors (Lipinski definition) is 1. The van der Waals surface area contributed by atoms with E-state index in [-0.39, 0.29) is 6.04 Å². The second kappa shape index (κ2) is 4.98. The summed E-state index contributed by atoms with van der Waals surface area (Å²) in [5.41, 5.74) is 6.83. The average molecular weight is 280 g/mol. The number of hydrogen-bond acceptors (Lipinski definition) is 4. The molecule has 1 aliphatic rings. The molecule has 19 heavy (non-hydrogen) atoms. The average Bonchev–Trinajstić information content (AvgIpc) is 2.81. The zero-order valence-electron chi connectivity index (χ0n) is 11.0. The fraction of sp³-hybridized carbons (Fsp3) is 0.538. The smallest absolute Gasteiger partial charge is 0.245 e. The van der Waals surface area contributed by atoms with Crippen LogP contribution in [-0.4, -0.2) is 33.7 Å². The Hall–Kier alpha value is -1.33. The summed E-state index contributed by atoms with van der Waals surface area (Å²) in [6.45, 7) is 4.00. The summed E-state index contributed by atoms with van der Waals surface area (Å²) in [5.74, 6) is 1.29. The molecule has 3 heterocycles. The molecule has 2 aromatic heterocycles. The fourth-order valence-electron chi connectivity index (χ4n) is 2.60. The largest absolute Gasteiger partial charge is 0.339 e. The third-order valence-electron chi connectivity index (χ3n) is 3.77.